The van der Waals surface area contributed by atoms with Crippen molar-refractivity contribution in [1.29, 1.82) is 0 Å². The van der Waals surface area contributed by atoms with Crippen molar-refractivity contribution < 1.29 is 18.7 Å². The summed E-state index contributed by atoms with van der Waals surface area (Å²) in [5.74, 6) is -0.0215. The zero-order chi connectivity index (χ0) is 26.3. The number of fused-ring (bicyclic) bond motifs is 1. The average Bonchev–Trinajstić information content (AvgIpc) is 3.12. The van der Waals surface area contributed by atoms with E-state index >= 15 is 0 Å². The molecule has 2 aromatic carbocycles. The van der Waals surface area contributed by atoms with Gasteiger partial charge in [0.15, 0.2) is 0 Å². The standard InChI is InChI=1S/C28H32FN5O3/c1-17-26(31-21-12-20(30-18(2)35)13-22(14-21)33-7-9-37-10-8-33)23-6-5-19(29)11-24(23)32-27(17)34-16-28(3,4)15-25(34)36/h5-6,11-14H,7-10,15-16H2,1-4H3,(H,30,35)(H,31,32). The first-order chi connectivity index (χ1) is 17.6. The van der Waals surface area contributed by atoms with Crippen LogP contribution in [-0.2, 0) is 14.3 Å². The number of amides is 2. The molecule has 0 atom stereocenters. The molecule has 3 heterocycles. The second-order valence-corrected chi connectivity index (χ2v) is 10.6. The van der Waals surface area contributed by atoms with Gasteiger partial charge in [-0.05, 0) is 42.7 Å². The van der Waals surface area contributed by atoms with Gasteiger partial charge in [-0.3, -0.25) is 14.5 Å². The van der Waals surface area contributed by atoms with Crippen molar-refractivity contribution in [3.8, 4) is 0 Å². The molecule has 5 rings (SSSR count). The molecule has 0 radical (unpaired) electrons. The molecule has 3 aromatic rings. The maximum atomic E-state index is 14.2. The fourth-order valence-corrected chi connectivity index (χ4v) is 5.12. The minimum absolute atomic E-state index is 0.00422. The first-order valence-corrected chi connectivity index (χ1v) is 12.5. The monoisotopic (exact) mass is 505 g/mol. The predicted molar refractivity (Wildman–Crippen MR) is 144 cm³/mol. The Morgan fingerprint density at radius 3 is 2.51 bits per heavy atom. The zero-order valence-electron chi connectivity index (χ0n) is 21.7. The maximum Gasteiger partial charge on any atom is 0.228 e. The Kier molecular flexibility index (Phi) is 6.49. The van der Waals surface area contributed by atoms with Gasteiger partial charge in [-0.25, -0.2) is 9.37 Å². The topological polar surface area (TPSA) is 86.8 Å². The van der Waals surface area contributed by atoms with Gasteiger partial charge in [-0.2, -0.15) is 0 Å². The number of morpholine rings is 1. The summed E-state index contributed by atoms with van der Waals surface area (Å²) in [6.07, 6.45) is 0.430. The first-order valence-electron chi connectivity index (χ1n) is 12.5. The maximum absolute atomic E-state index is 14.2. The summed E-state index contributed by atoms with van der Waals surface area (Å²) < 4.78 is 19.7. The number of benzene rings is 2. The molecule has 2 aliphatic heterocycles. The van der Waals surface area contributed by atoms with Gasteiger partial charge in [0.25, 0.3) is 0 Å². The molecule has 9 heteroatoms. The highest BCUT2D eigenvalue weighted by atomic mass is 19.1. The van der Waals surface area contributed by atoms with Crippen LogP contribution in [0.4, 0.5) is 33.0 Å². The van der Waals surface area contributed by atoms with E-state index in [-0.39, 0.29) is 17.2 Å². The van der Waals surface area contributed by atoms with Crippen molar-refractivity contribution in [3.63, 3.8) is 0 Å². The Hall–Kier alpha value is -3.72. The van der Waals surface area contributed by atoms with Gasteiger partial charge < -0.3 is 20.3 Å². The summed E-state index contributed by atoms with van der Waals surface area (Å²) in [5.41, 5.74) is 4.20. The SMILES string of the molecule is CC(=O)Nc1cc(Nc2c(C)c(N3CC(C)(C)CC3=O)nc3cc(F)ccc23)cc(N2CCOCC2)c1. The molecule has 2 N–H and O–H groups in total. The highest BCUT2D eigenvalue weighted by molar-refractivity contribution is 6.02. The number of pyridine rings is 1. The number of aromatic nitrogens is 1. The fraction of sp³-hybridized carbons (Fsp3) is 0.393. The van der Waals surface area contributed by atoms with Crippen LogP contribution in [0.15, 0.2) is 36.4 Å². The van der Waals surface area contributed by atoms with Crippen LogP contribution in [-0.4, -0.2) is 49.6 Å². The summed E-state index contributed by atoms with van der Waals surface area (Å²) in [4.78, 5) is 33.4. The molecule has 2 amide bonds. The zero-order valence-corrected chi connectivity index (χ0v) is 21.7. The second-order valence-electron chi connectivity index (χ2n) is 10.6. The number of anilines is 5. The van der Waals surface area contributed by atoms with Crippen LogP contribution in [0.2, 0.25) is 0 Å². The van der Waals surface area contributed by atoms with E-state index in [9.17, 15) is 14.0 Å². The third-order valence-corrected chi connectivity index (χ3v) is 6.82. The van der Waals surface area contributed by atoms with E-state index < -0.39 is 5.82 Å². The van der Waals surface area contributed by atoms with E-state index in [1.54, 1.807) is 11.0 Å². The highest BCUT2D eigenvalue weighted by Gasteiger charge is 2.38. The van der Waals surface area contributed by atoms with Gasteiger partial charge in [0.1, 0.15) is 11.6 Å². The molecule has 0 aliphatic carbocycles. The minimum Gasteiger partial charge on any atom is -0.378 e. The van der Waals surface area contributed by atoms with Gasteiger partial charge in [-0.1, -0.05) is 13.8 Å². The molecule has 194 valence electrons. The van der Waals surface area contributed by atoms with Crippen molar-refractivity contribution in [1.82, 2.24) is 4.98 Å². The van der Waals surface area contributed by atoms with Gasteiger partial charge in [-0.15, -0.1) is 0 Å². The Bertz CT molecular complexity index is 1380. The molecule has 0 spiro atoms. The molecule has 2 saturated heterocycles. The van der Waals surface area contributed by atoms with Gasteiger partial charge in [0.2, 0.25) is 11.8 Å². The van der Waals surface area contributed by atoms with Crippen LogP contribution >= 0.6 is 0 Å². The molecular formula is C28H32FN5O3. The van der Waals surface area contributed by atoms with Crippen molar-refractivity contribution in [2.24, 2.45) is 5.41 Å². The molecule has 0 bridgehead atoms. The van der Waals surface area contributed by atoms with E-state index in [0.29, 0.717) is 43.2 Å². The molecule has 2 aliphatic rings. The van der Waals surface area contributed by atoms with E-state index in [2.05, 4.69) is 29.4 Å². The van der Waals surface area contributed by atoms with Crippen LogP contribution in [0.25, 0.3) is 10.9 Å². The van der Waals surface area contributed by atoms with E-state index in [4.69, 9.17) is 9.72 Å². The predicted octanol–water partition coefficient (Wildman–Crippen LogP) is 4.98. The molecule has 37 heavy (non-hydrogen) atoms. The van der Waals surface area contributed by atoms with Crippen LogP contribution in [0.5, 0.6) is 0 Å². The summed E-state index contributed by atoms with van der Waals surface area (Å²) in [6, 6.07) is 10.3. The molecule has 8 nitrogen and oxygen atoms in total. The molecule has 0 saturated carbocycles. The van der Waals surface area contributed by atoms with Gasteiger partial charge in [0.05, 0.1) is 24.4 Å². The van der Waals surface area contributed by atoms with Crippen LogP contribution in [0.3, 0.4) is 0 Å². The van der Waals surface area contributed by atoms with Crippen molar-refractivity contribution >= 4 is 51.3 Å². The number of carbonyl (C=O) groups excluding carboxylic acids is 2. The third-order valence-electron chi connectivity index (χ3n) is 6.82. The van der Waals surface area contributed by atoms with E-state index in [1.807, 2.05) is 25.1 Å². The van der Waals surface area contributed by atoms with Crippen LogP contribution in [0, 0.1) is 18.2 Å². The van der Waals surface area contributed by atoms with Crippen molar-refractivity contribution in [3.05, 3.63) is 47.8 Å². The number of ether oxygens (including phenoxy) is 1. The molecule has 0 unspecified atom stereocenters. The van der Waals surface area contributed by atoms with Gasteiger partial charge >= 0.3 is 0 Å². The number of nitrogens with zero attached hydrogens (tertiary/aromatic N) is 3. The first kappa shape index (κ1) is 25.0. The van der Waals surface area contributed by atoms with Crippen LogP contribution < -0.4 is 20.4 Å². The Morgan fingerprint density at radius 2 is 1.84 bits per heavy atom. The highest BCUT2D eigenvalue weighted by Crippen LogP contribution is 2.40. The number of hydrogen-bond donors (Lipinski definition) is 2. The lowest BCUT2D eigenvalue weighted by molar-refractivity contribution is -0.117. The van der Waals surface area contributed by atoms with Crippen molar-refractivity contribution in [2.45, 2.75) is 34.1 Å². The molecule has 2 fully saturated rings. The fourth-order valence-electron chi connectivity index (χ4n) is 5.12. The summed E-state index contributed by atoms with van der Waals surface area (Å²) >= 11 is 0. The number of carbonyl (C=O) groups is 2. The van der Waals surface area contributed by atoms with Crippen LogP contribution in [0.1, 0.15) is 32.8 Å². The largest absolute Gasteiger partial charge is 0.378 e. The summed E-state index contributed by atoms with van der Waals surface area (Å²) in [5, 5.41) is 7.15. The number of rotatable bonds is 5. The molecular weight excluding hydrogens is 473 g/mol. The van der Waals surface area contributed by atoms with E-state index in [1.165, 1.54) is 19.1 Å². The third kappa shape index (κ3) is 5.22. The summed E-state index contributed by atoms with van der Waals surface area (Å²) in [7, 11) is 0. The normalized spacial score (nSPS) is 17.4. The lowest BCUT2D eigenvalue weighted by Crippen LogP contribution is -2.36. The number of hydrogen-bond acceptors (Lipinski definition) is 6. The van der Waals surface area contributed by atoms with E-state index in [0.717, 1.165) is 41.1 Å². The Labute approximate surface area is 215 Å². The lowest BCUT2D eigenvalue weighted by atomic mass is 9.93. The number of nitrogens with one attached hydrogen (secondary N) is 2. The Balaban J connectivity index is 1.62. The minimum atomic E-state index is -0.393. The second kappa shape index (κ2) is 9.63. The quantitative estimate of drug-likeness (QED) is 0.509. The lowest BCUT2D eigenvalue weighted by Gasteiger charge is -2.30. The summed E-state index contributed by atoms with van der Waals surface area (Å²) in [6.45, 7) is 10.8. The number of halogens is 1. The average molecular weight is 506 g/mol. The molecule has 1 aromatic heterocycles. The van der Waals surface area contributed by atoms with Crippen molar-refractivity contribution in [2.75, 3.05) is 53.3 Å². The van der Waals surface area contributed by atoms with Gasteiger partial charge in [0, 0.05) is 67.1 Å². The Morgan fingerprint density at radius 1 is 1.11 bits per heavy atom. The smallest absolute Gasteiger partial charge is 0.228 e.